The van der Waals surface area contributed by atoms with Crippen molar-refractivity contribution in [1.29, 1.82) is 0 Å². The summed E-state index contributed by atoms with van der Waals surface area (Å²) in [5.41, 5.74) is 8.01. The van der Waals surface area contributed by atoms with Gasteiger partial charge in [0.2, 0.25) is 0 Å². The van der Waals surface area contributed by atoms with Crippen LogP contribution < -0.4 is 0 Å². The molecule has 24 heavy (non-hydrogen) atoms. The van der Waals surface area contributed by atoms with E-state index in [0.717, 1.165) is 0 Å². The topological polar surface area (TPSA) is 0 Å². The number of halogens is 1. The molecule has 118 valence electrons. The first-order valence-corrected chi connectivity index (χ1v) is 9.33. The van der Waals surface area contributed by atoms with E-state index in [1.54, 1.807) is 0 Å². The summed E-state index contributed by atoms with van der Waals surface area (Å²) < 4.78 is 1.36. The maximum Gasteiger partial charge on any atom is 0.0446 e. The van der Waals surface area contributed by atoms with Gasteiger partial charge >= 0.3 is 0 Å². The molecule has 0 aromatic heterocycles. The van der Waals surface area contributed by atoms with Gasteiger partial charge in [-0.25, -0.2) is 0 Å². The fourth-order valence-electron chi connectivity index (χ4n) is 3.81. The molecule has 1 heteroatoms. The molecule has 0 fully saturated rings. The van der Waals surface area contributed by atoms with E-state index in [2.05, 4.69) is 115 Å². The lowest BCUT2D eigenvalue weighted by Crippen LogP contribution is -2.23. The van der Waals surface area contributed by atoms with E-state index >= 15 is 0 Å². The Morgan fingerprint density at radius 2 is 1.38 bits per heavy atom. The minimum Gasteiger partial charge on any atom is -0.0622 e. The Hall–Kier alpha value is -1.87. The zero-order valence-corrected chi connectivity index (χ0v) is 16.0. The van der Waals surface area contributed by atoms with Gasteiger partial charge in [0.1, 0.15) is 0 Å². The summed E-state index contributed by atoms with van der Waals surface area (Å²) in [4.78, 5) is 0. The van der Waals surface area contributed by atoms with Crippen LogP contribution in [0.25, 0.3) is 9.15 Å². The number of rotatable bonds is 2. The highest BCUT2D eigenvalue weighted by Crippen LogP contribution is 2.56. The number of hydrogen-bond acceptors (Lipinski definition) is 0. The van der Waals surface area contributed by atoms with E-state index in [1.165, 1.54) is 37.0 Å². The van der Waals surface area contributed by atoms with Gasteiger partial charge in [-0.1, -0.05) is 84.4 Å². The van der Waals surface area contributed by atoms with Gasteiger partial charge in [0.25, 0.3) is 0 Å². The quantitative estimate of drug-likeness (QED) is 0.408. The molecule has 3 aromatic rings. The van der Waals surface area contributed by atoms with Crippen LogP contribution in [0.15, 0.2) is 78.9 Å². The third-order valence-corrected chi connectivity index (χ3v) is 6.23. The van der Waals surface area contributed by atoms with Crippen LogP contribution in [0.4, 0.5) is 0 Å². The second-order valence-corrected chi connectivity index (χ2v) is 7.67. The lowest BCUT2D eigenvalue weighted by atomic mass is 9.71. The molecule has 0 aliphatic heterocycles. The largest absolute Gasteiger partial charge is 0.0622 e. The third-order valence-electron chi connectivity index (χ3n) is 5.11. The normalized spacial score (nSPS) is 19.5. The molecule has 1 atom stereocenters. The van der Waals surface area contributed by atoms with E-state index in [0.29, 0.717) is 0 Å². The Balaban J connectivity index is 2.03. The average molecular weight is 422 g/mol. The van der Waals surface area contributed by atoms with Crippen molar-refractivity contribution in [3.63, 3.8) is 0 Å². The Morgan fingerprint density at radius 3 is 2.08 bits per heavy atom. The van der Waals surface area contributed by atoms with Gasteiger partial charge in [-0.2, -0.15) is 0 Å². The molecule has 4 rings (SSSR count). The first-order chi connectivity index (χ1) is 11.6. The molecule has 3 aromatic carbocycles. The lowest BCUT2D eigenvalue weighted by Gasteiger charge is -2.31. The molecular weight excluding hydrogens is 403 g/mol. The first-order valence-electron chi connectivity index (χ1n) is 8.25. The highest BCUT2D eigenvalue weighted by atomic mass is 127. The highest BCUT2D eigenvalue weighted by molar-refractivity contribution is 14.1. The van der Waals surface area contributed by atoms with Gasteiger partial charge in [0, 0.05) is 8.99 Å². The molecule has 1 unspecified atom stereocenters. The minimum atomic E-state index is -0.123. The van der Waals surface area contributed by atoms with Crippen LogP contribution in [0.2, 0.25) is 0 Å². The highest BCUT2D eigenvalue weighted by Gasteiger charge is 2.42. The number of aryl methyl sites for hydroxylation is 1. The van der Waals surface area contributed by atoms with Crippen molar-refractivity contribution in [1.82, 2.24) is 0 Å². The van der Waals surface area contributed by atoms with E-state index in [1.807, 2.05) is 0 Å². The van der Waals surface area contributed by atoms with Gasteiger partial charge in [0.15, 0.2) is 0 Å². The van der Waals surface area contributed by atoms with Crippen molar-refractivity contribution in [3.05, 3.63) is 107 Å². The zero-order chi connectivity index (χ0) is 16.7. The predicted molar refractivity (Wildman–Crippen MR) is 111 cm³/mol. The molecular formula is C23H19I. The molecule has 0 amide bonds. The number of hydrogen-bond donors (Lipinski definition) is 0. The lowest BCUT2D eigenvalue weighted by molar-refractivity contribution is 0.758. The fourth-order valence-corrected chi connectivity index (χ4v) is 5.13. The standard InChI is InChI=1S/C23H19I/c1-16-12-14-18(15-13-16)23(2)20-11-7-6-10-19(20)22(24)21(23)17-8-4-3-5-9-17/h3-15H,1-2H3. The van der Waals surface area contributed by atoms with Crippen LogP contribution in [-0.4, -0.2) is 0 Å². The van der Waals surface area contributed by atoms with Crippen LogP contribution in [0.1, 0.15) is 34.7 Å². The first kappa shape index (κ1) is 15.6. The fraction of sp³-hybridized carbons (Fsp3) is 0.130. The maximum atomic E-state index is 2.53. The van der Waals surface area contributed by atoms with Crippen molar-refractivity contribution < 1.29 is 0 Å². The van der Waals surface area contributed by atoms with E-state index < -0.39 is 0 Å². The van der Waals surface area contributed by atoms with E-state index in [9.17, 15) is 0 Å². The SMILES string of the molecule is Cc1ccc(C2(C)C(c3ccccc3)=C(I)c3ccccc32)cc1. The molecule has 1 aliphatic carbocycles. The van der Waals surface area contributed by atoms with Crippen LogP contribution >= 0.6 is 22.6 Å². The third kappa shape index (κ3) is 2.26. The van der Waals surface area contributed by atoms with E-state index in [4.69, 9.17) is 0 Å². The molecule has 0 saturated carbocycles. The summed E-state index contributed by atoms with van der Waals surface area (Å²) in [5.74, 6) is 0. The minimum absolute atomic E-state index is 0.123. The molecule has 0 bridgehead atoms. The van der Waals surface area contributed by atoms with Gasteiger partial charge in [-0.15, -0.1) is 0 Å². The van der Waals surface area contributed by atoms with Crippen molar-refractivity contribution in [2.24, 2.45) is 0 Å². The Labute approximate surface area is 157 Å². The van der Waals surface area contributed by atoms with Crippen LogP contribution in [-0.2, 0) is 5.41 Å². The van der Waals surface area contributed by atoms with Gasteiger partial charge < -0.3 is 0 Å². The summed E-state index contributed by atoms with van der Waals surface area (Å²) in [7, 11) is 0. The molecule has 0 spiro atoms. The number of fused-ring (bicyclic) bond motifs is 1. The maximum absolute atomic E-state index is 2.53. The summed E-state index contributed by atoms with van der Waals surface area (Å²) in [5, 5.41) is 0. The van der Waals surface area contributed by atoms with Crippen LogP contribution in [0.3, 0.4) is 0 Å². The zero-order valence-electron chi connectivity index (χ0n) is 13.9. The van der Waals surface area contributed by atoms with Gasteiger partial charge in [-0.05, 0) is 64.3 Å². The summed E-state index contributed by atoms with van der Waals surface area (Å²) in [6, 6.07) is 28.6. The average Bonchev–Trinajstić information content (AvgIpc) is 2.85. The van der Waals surface area contributed by atoms with Crippen molar-refractivity contribution in [3.8, 4) is 0 Å². The predicted octanol–water partition coefficient (Wildman–Crippen LogP) is 6.62. The van der Waals surface area contributed by atoms with E-state index in [-0.39, 0.29) is 5.41 Å². The van der Waals surface area contributed by atoms with Crippen LogP contribution in [0, 0.1) is 6.92 Å². The number of benzene rings is 3. The summed E-state index contributed by atoms with van der Waals surface area (Å²) in [6.07, 6.45) is 0. The summed E-state index contributed by atoms with van der Waals surface area (Å²) in [6.45, 7) is 4.51. The van der Waals surface area contributed by atoms with Crippen molar-refractivity contribution >= 4 is 31.7 Å². The summed E-state index contributed by atoms with van der Waals surface area (Å²) >= 11 is 2.53. The number of allylic oxidation sites excluding steroid dienone is 1. The van der Waals surface area contributed by atoms with Crippen molar-refractivity contribution in [2.75, 3.05) is 0 Å². The van der Waals surface area contributed by atoms with Crippen LogP contribution in [0.5, 0.6) is 0 Å². The molecule has 1 aliphatic rings. The van der Waals surface area contributed by atoms with Gasteiger partial charge in [0.05, 0.1) is 0 Å². The van der Waals surface area contributed by atoms with Gasteiger partial charge in [-0.3, -0.25) is 0 Å². The Kier molecular flexibility index (Phi) is 3.84. The smallest absolute Gasteiger partial charge is 0.0446 e. The van der Waals surface area contributed by atoms with Crippen molar-refractivity contribution in [2.45, 2.75) is 19.3 Å². The Morgan fingerprint density at radius 1 is 0.750 bits per heavy atom. The monoisotopic (exact) mass is 422 g/mol. The molecule has 0 saturated heterocycles. The second-order valence-electron chi connectivity index (χ2n) is 6.59. The molecule has 0 nitrogen and oxygen atoms in total. The Bertz CT molecular complexity index is 920. The molecule has 0 radical (unpaired) electrons. The molecule has 0 heterocycles. The molecule has 0 N–H and O–H groups in total. The second kappa shape index (κ2) is 5.89.